The number of esters is 1. The SMILES string of the molecule is COC(=O)c1ccc(N2C[C@@H](C)N(C(=O)OC(C)(C)C)[C@@H](C)C2)c2cncnc12. The third kappa shape index (κ3) is 4.26. The second-order valence-electron chi connectivity index (χ2n) is 8.40. The van der Waals surface area contributed by atoms with E-state index < -0.39 is 11.6 Å². The number of amides is 1. The molecule has 0 unspecified atom stereocenters. The molecular formula is C21H28N4O4. The van der Waals surface area contributed by atoms with Crippen molar-refractivity contribution >= 4 is 28.7 Å². The van der Waals surface area contributed by atoms with Crippen LogP contribution in [0.2, 0.25) is 0 Å². The minimum atomic E-state index is -0.537. The molecule has 1 aromatic heterocycles. The predicted octanol–water partition coefficient (Wildman–Crippen LogP) is 3.25. The Bertz CT molecular complexity index is 913. The van der Waals surface area contributed by atoms with Gasteiger partial charge in [0.1, 0.15) is 11.9 Å². The smallest absolute Gasteiger partial charge is 0.410 e. The predicted molar refractivity (Wildman–Crippen MR) is 110 cm³/mol. The molecule has 1 fully saturated rings. The van der Waals surface area contributed by atoms with Crippen molar-refractivity contribution in [2.24, 2.45) is 0 Å². The van der Waals surface area contributed by atoms with Gasteiger partial charge in [0.15, 0.2) is 0 Å². The lowest BCUT2D eigenvalue weighted by Gasteiger charge is -2.45. The second kappa shape index (κ2) is 7.85. The molecule has 8 heteroatoms. The molecule has 0 aliphatic carbocycles. The highest BCUT2D eigenvalue weighted by Crippen LogP contribution is 2.31. The van der Waals surface area contributed by atoms with Gasteiger partial charge in [-0.25, -0.2) is 19.6 Å². The average molecular weight is 400 g/mol. The highest BCUT2D eigenvalue weighted by atomic mass is 16.6. The number of carbonyl (C=O) groups is 2. The normalized spacial score (nSPS) is 19.9. The van der Waals surface area contributed by atoms with Crippen LogP contribution in [0.3, 0.4) is 0 Å². The first-order valence-corrected chi connectivity index (χ1v) is 9.69. The molecule has 1 aliphatic heterocycles. The van der Waals surface area contributed by atoms with Gasteiger partial charge < -0.3 is 14.4 Å². The van der Waals surface area contributed by atoms with Gasteiger partial charge in [-0.2, -0.15) is 0 Å². The van der Waals surface area contributed by atoms with Crippen molar-refractivity contribution in [1.29, 1.82) is 0 Å². The highest BCUT2D eigenvalue weighted by molar-refractivity contribution is 6.06. The van der Waals surface area contributed by atoms with Gasteiger partial charge in [0, 0.05) is 30.4 Å². The van der Waals surface area contributed by atoms with Crippen molar-refractivity contribution in [3.05, 3.63) is 30.2 Å². The molecule has 0 radical (unpaired) electrons. The summed E-state index contributed by atoms with van der Waals surface area (Å²) in [4.78, 5) is 37.2. The van der Waals surface area contributed by atoms with Crippen LogP contribution in [0.4, 0.5) is 10.5 Å². The van der Waals surface area contributed by atoms with Gasteiger partial charge in [-0.15, -0.1) is 0 Å². The summed E-state index contributed by atoms with van der Waals surface area (Å²) in [5.74, 6) is -0.434. The zero-order chi connectivity index (χ0) is 21.3. The van der Waals surface area contributed by atoms with Crippen LogP contribution in [-0.2, 0) is 9.47 Å². The summed E-state index contributed by atoms with van der Waals surface area (Å²) in [6, 6.07) is 3.52. The lowest BCUT2D eigenvalue weighted by Crippen LogP contribution is -2.59. The van der Waals surface area contributed by atoms with Gasteiger partial charge >= 0.3 is 12.1 Å². The van der Waals surface area contributed by atoms with Crippen molar-refractivity contribution in [3.8, 4) is 0 Å². The first-order chi connectivity index (χ1) is 13.6. The summed E-state index contributed by atoms with van der Waals surface area (Å²) < 4.78 is 10.5. The fourth-order valence-corrected chi connectivity index (χ4v) is 3.81. The molecule has 0 saturated carbocycles. The van der Waals surface area contributed by atoms with E-state index in [-0.39, 0.29) is 18.2 Å². The van der Waals surface area contributed by atoms with Crippen LogP contribution in [0.5, 0.6) is 0 Å². The van der Waals surface area contributed by atoms with Crippen molar-refractivity contribution in [3.63, 3.8) is 0 Å². The zero-order valence-electron chi connectivity index (χ0n) is 17.8. The average Bonchev–Trinajstić information content (AvgIpc) is 2.64. The Labute approximate surface area is 170 Å². The lowest BCUT2D eigenvalue weighted by atomic mass is 10.0. The van der Waals surface area contributed by atoms with E-state index in [1.165, 1.54) is 13.4 Å². The van der Waals surface area contributed by atoms with E-state index in [9.17, 15) is 9.59 Å². The van der Waals surface area contributed by atoms with Gasteiger partial charge in [0.25, 0.3) is 0 Å². The van der Waals surface area contributed by atoms with Gasteiger partial charge in [0.05, 0.1) is 30.3 Å². The highest BCUT2D eigenvalue weighted by Gasteiger charge is 2.36. The molecule has 0 spiro atoms. The van der Waals surface area contributed by atoms with E-state index in [0.717, 1.165) is 11.1 Å². The minimum absolute atomic E-state index is 0.0476. The number of hydrogen-bond donors (Lipinski definition) is 0. The van der Waals surface area contributed by atoms with E-state index in [2.05, 4.69) is 14.9 Å². The van der Waals surface area contributed by atoms with Crippen molar-refractivity contribution in [2.45, 2.75) is 52.3 Å². The molecular weight excluding hydrogens is 372 g/mol. The van der Waals surface area contributed by atoms with Crippen LogP contribution in [0.15, 0.2) is 24.7 Å². The Morgan fingerprint density at radius 2 is 1.79 bits per heavy atom. The molecule has 1 amide bonds. The van der Waals surface area contributed by atoms with E-state index in [1.807, 2.05) is 40.7 Å². The molecule has 1 aromatic carbocycles. The number of hydrogen-bond acceptors (Lipinski definition) is 7. The number of fused-ring (bicyclic) bond motifs is 1. The van der Waals surface area contributed by atoms with Gasteiger partial charge in [-0.05, 0) is 46.8 Å². The second-order valence-corrected chi connectivity index (χ2v) is 8.40. The van der Waals surface area contributed by atoms with Crippen LogP contribution in [0.25, 0.3) is 10.9 Å². The number of aromatic nitrogens is 2. The molecule has 1 aliphatic rings. The van der Waals surface area contributed by atoms with Crippen LogP contribution in [0, 0.1) is 0 Å². The minimum Gasteiger partial charge on any atom is -0.465 e. The van der Waals surface area contributed by atoms with Crippen molar-refractivity contribution in [2.75, 3.05) is 25.1 Å². The van der Waals surface area contributed by atoms with Crippen LogP contribution in [0.1, 0.15) is 45.0 Å². The summed E-state index contributed by atoms with van der Waals surface area (Å²) in [7, 11) is 1.35. The monoisotopic (exact) mass is 400 g/mol. The fourth-order valence-electron chi connectivity index (χ4n) is 3.81. The Kier molecular flexibility index (Phi) is 5.64. The number of nitrogens with zero attached hydrogens (tertiary/aromatic N) is 4. The van der Waals surface area contributed by atoms with Crippen LogP contribution >= 0.6 is 0 Å². The van der Waals surface area contributed by atoms with Gasteiger partial charge in [-0.1, -0.05) is 0 Å². The number of anilines is 1. The number of rotatable bonds is 2. The number of benzene rings is 1. The molecule has 8 nitrogen and oxygen atoms in total. The first kappa shape index (κ1) is 20.8. The third-order valence-corrected chi connectivity index (χ3v) is 4.92. The Morgan fingerprint density at radius 1 is 1.14 bits per heavy atom. The van der Waals surface area contributed by atoms with Crippen molar-refractivity contribution in [1.82, 2.24) is 14.9 Å². The zero-order valence-corrected chi connectivity index (χ0v) is 17.8. The Balaban J connectivity index is 1.91. The molecule has 0 N–H and O–H groups in total. The summed E-state index contributed by atoms with van der Waals surface area (Å²) in [6.45, 7) is 10.9. The van der Waals surface area contributed by atoms with E-state index in [0.29, 0.717) is 24.2 Å². The van der Waals surface area contributed by atoms with E-state index >= 15 is 0 Å². The summed E-state index contributed by atoms with van der Waals surface area (Å²) in [6.07, 6.45) is 2.83. The third-order valence-electron chi connectivity index (χ3n) is 4.92. The number of ether oxygens (including phenoxy) is 2. The Morgan fingerprint density at radius 3 is 2.38 bits per heavy atom. The van der Waals surface area contributed by atoms with Gasteiger partial charge in [0.2, 0.25) is 0 Å². The molecule has 0 bridgehead atoms. The number of piperazine rings is 1. The molecule has 29 heavy (non-hydrogen) atoms. The van der Waals surface area contributed by atoms with Crippen LogP contribution < -0.4 is 4.90 Å². The molecule has 1 saturated heterocycles. The van der Waals surface area contributed by atoms with E-state index in [4.69, 9.17) is 9.47 Å². The maximum atomic E-state index is 12.7. The van der Waals surface area contributed by atoms with Gasteiger partial charge in [-0.3, -0.25) is 4.90 Å². The quantitative estimate of drug-likeness (QED) is 0.715. The molecule has 2 aromatic rings. The summed E-state index contributed by atoms with van der Waals surface area (Å²) >= 11 is 0. The molecule has 2 heterocycles. The lowest BCUT2D eigenvalue weighted by molar-refractivity contribution is 0.00566. The summed E-state index contributed by atoms with van der Waals surface area (Å²) in [5, 5.41) is 0.778. The number of methoxy groups -OCH3 is 1. The molecule has 3 rings (SSSR count). The molecule has 2 atom stereocenters. The van der Waals surface area contributed by atoms with E-state index in [1.54, 1.807) is 17.2 Å². The topological polar surface area (TPSA) is 84.9 Å². The van der Waals surface area contributed by atoms with Crippen molar-refractivity contribution < 1.29 is 19.1 Å². The first-order valence-electron chi connectivity index (χ1n) is 9.69. The largest absolute Gasteiger partial charge is 0.465 e. The van der Waals surface area contributed by atoms with Crippen LogP contribution in [-0.4, -0.2) is 64.8 Å². The maximum absolute atomic E-state index is 12.7. The molecule has 156 valence electrons. The maximum Gasteiger partial charge on any atom is 0.410 e. The number of carbonyl (C=O) groups excluding carboxylic acids is 2. The standard InChI is InChI=1S/C21H28N4O4/c1-13-10-24(11-14(2)25(13)20(27)29-21(3,4)5)17-8-7-15(19(26)28-6)18-16(17)9-22-12-23-18/h7-9,12-14H,10-11H2,1-6H3/t13-,14+. The Hall–Kier alpha value is -2.90. The fraction of sp³-hybridized carbons (Fsp3) is 0.524. The summed E-state index contributed by atoms with van der Waals surface area (Å²) in [5.41, 5.74) is 1.35.